The summed E-state index contributed by atoms with van der Waals surface area (Å²) >= 11 is 0. The molecule has 0 radical (unpaired) electrons. The Morgan fingerprint density at radius 3 is 2.59 bits per heavy atom. The van der Waals surface area contributed by atoms with E-state index in [1.54, 1.807) is 11.9 Å². The minimum absolute atomic E-state index is 0.106. The van der Waals surface area contributed by atoms with E-state index in [1.165, 1.54) is 19.4 Å². The highest BCUT2D eigenvalue weighted by molar-refractivity contribution is 7.89. The molecule has 0 saturated heterocycles. The lowest BCUT2D eigenvalue weighted by molar-refractivity contribution is 0.0652. The van der Waals surface area contributed by atoms with Crippen LogP contribution in [0.1, 0.15) is 36.0 Å². The van der Waals surface area contributed by atoms with Gasteiger partial charge >= 0.3 is 0 Å². The van der Waals surface area contributed by atoms with E-state index in [0.29, 0.717) is 5.92 Å². The number of nitrogens with one attached hydrogen (secondary N) is 1. The van der Waals surface area contributed by atoms with Gasteiger partial charge < -0.3 is 14.4 Å². The molecule has 1 aromatic rings. The third-order valence-electron chi connectivity index (χ3n) is 4.30. The fourth-order valence-corrected chi connectivity index (χ4v) is 3.41. The average Bonchev–Trinajstić information content (AvgIpc) is 3.04. The lowest BCUT2D eigenvalue weighted by atomic mass is 9.86. The molecular weight excluding hydrogens is 308 g/mol. The highest BCUT2D eigenvalue weighted by Crippen LogP contribution is 2.27. The number of aliphatic hydroxyl groups excluding tert-OH is 1. The number of hydrogen-bond acceptors (Lipinski definition) is 5. The number of amides is 1. The van der Waals surface area contributed by atoms with Crippen molar-refractivity contribution >= 4 is 15.9 Å². The second-order valence-electron chi connectivity index (χ2n) is 5.64. The largest absolute Gasteiger partial charge is 0.451 e. The number of carbonyl (C=O) groups excluding carboxylic acids is 1. The Balaban J connectivity index is 2.05. The third-order valence-corrected chi connectivity index (χ3v) is 5.58. The van der Waals surface area contributed by atoms with Crippen LogP contribution in [0, 0.1) is 5.92 Å². The van der Waals surface area contributed by atoms with E-state index in [9.17, 15) is 13.2 Å². The van der Waals surface area contributed by atoms with Crippen LogP contribution in [0.3, 0.4) is 0 Å². The zero-order valence-corrected chi connectivity index (χ0v) is 13.6. The highest BCUT2D eigenvalue weighted by Gasteiger charge is 2.28. The molecule has 1 aliphatic carbocycles. The van der Waals surface area contributed by atoms with Gasteiger partial charge in [-0.2, -0.15) is 0 Å². The molecule has 0 spiro atoms. The zero-order valence-electron chi connectivity index (χ0n) is 12.8. The van der Waals surface area contributed by atoms with Crippen molar-refractivity contribution < 1.29 is 22.7 Å². The van der Waals surface area contributed by atoms with Gasteiger partial charge in [-0.3, -0.25) is 4.79 Å². The monoisotopic (exact) mass is 330 g/mol. The van der Waals surface area contributed by atoms with Crippen molar-refractivity contribution in [3.63, 3.8) is 0 Å². The van der Waals surface area contributed by atoms with Crippen LogP contribution in [0.25, 0.3) is 0 Å². The van der Waals surface area contributed by atoms with Crippen molar-refractivity contribution in [1.29, 1.82) is 0 Å². The van der Waals surface area contributed by atoms with Crippen LogP contribution >= 0.6 is 0 Å². The van der Waals surface area contributed by atoms with E-state index >= 15 is 0 Å². The molecule has 1 saturated carbocycles. The van der Waals surface area contributed by atoms with Gasteiger partial charge in [0, 0.05) is 25.8 Å². The summed E-state index contributed by atoms with van der Waals surface area (Å²) in [6, 6.07) is 1.35. The molecule has 0 bridgehead atoms. The van der Waals surface area contributed by atoms with Gasteiger partial charge in [0.05, 0.1) is 5.56 Å². The minimum atomic E-state index is -3.69. The first kappa shape index (κ1) is 17.0. The summed E-state index contributed by atoms with van der Waals surface area (Å²) in [7, 11) is -0.691. The normalized spacial score (nSPS) is 22.5. The number of rotatable bonds is 5. The van der Waals surface area contributed by atoms with Crippen LogP contribution in [-0.4, -0.2) is 51.1 Å². The zero-order chi connectivity index (χ0) is 16.3. The standard InChI is InChI=1S/C14H22N2O5S/c1-15-22(19,20)13-7-11(9-21-13)14(18)16(2)12-5-3-10(8-17)4-6-12/h7,9-10,12,15,17H,3-6,8H2,1-2H3. The summed E-state index contributed by atoms with van der Waals surface area (Å²) < 4.78 is 30.4. The number of nitrogens with zero attached hydrogens (tertiary/aromatic N) is 1. The van der Waals surface area contributed by atoms with E-state index in [4.69, 9.17) is 9.52 Å². The summed E-state index contributed by atoms with van der Waals surface area (Å²) in [5.41, 5.74) is 0.223. The van der Waals surface area contributed by atoms with E-state index in [2.05, 4.69) is 4.72 Å². The first-order valence-corrected chi connectivity index (χ1v) is 8.77. The molecule has 0 atom stereocenters. The number of furan rings is 1. The molecule has 8 heteroatoms. The van der Waals surface area contributed by atoms with E-state index in [0.717, 1.165) is 25.7 Å². The van der Waals surface area contributed by atoms with Crippen LogP contribution in [0.4, 0.5) is 0 Å². The third kappa shape index (κ3) is 3.50. The van der Waals surface area contributed by atoms with Crippen molar-refractivity contribution in [2.75, 3.05) is 20.7 Å². The molecule has 124 valence electrons. The van der Waals surface area contributed by atoms with E-state index in [-0.39, 0.29) is 29.2 Å². The first-order valence-electron chi connectivity index (χ1n) is 7.29. The highest BCUT2D eigenvalue weighted by atomic mass is 32.2. The fourth-order valence-electron chi connectivity index (χ4n) is 2.75. The van der Waals surface area contributed by atoms with Crippen molar-refractivity contribution in [3.8, 4) is 0 Å². The van der Waals surface area contributed by atoms with Crippen LogP contribution in [0.5, 0.6) is 0 Å². The maximum Gasteiger partial charge on any atom is 0.273 e. The predicted molar refractivity (Wildman–Crippen MR) is 79.9 cm³/mol. The van der Waals surface area contributed by atoms with Crippen molar-refractivity contribution in [2.24, 2.45) is 5.92 Å². The number of sulfonamides is 1. The summed E-state index contributed by atoms with van der Waals surface area (Å²) in [5, 5.41) is 8.88. The lowest BCUT2D eigenvalue weighted by Crippen LogP contribution is -2.39. The van der Waals surface area contributed by atoms with Crippen molar-refractivity contribution in [3.05, 3.63) is 17.9 Å². The van der Waals surface area contributed by atoms with E-state index in [1.807, 2.05) is 0 Å². The van der Waals surface area contributed by atoms with Gasteiger partial charge in [0.15, 0.2) is 0 Å². The molecule has 1 aromatic heterocycles. The quantitative estimate of drug-likeness (QED) is 0.832. The van der Waals surface area contributed by atoms with Gasteiger partial charge in [-0.25, -0.2) is 13.1 Å². The summed E-state index contributed by atoms with van der Waals surface area (Å²) in [6.45, 7) is 0.192. The first-order chi connectivity index (χ1) is 10.4. The Morgan fingerprint density at radius 1 is 1.41 bits per heavy atom. The Kier molecular flexibility index (Phi) is 5.25. The maximum atomic E-state index is 12.4. The predicted octanol–water partition coefficient (Wildman–Crippen LogP) is 0.811. The van der Waals surface area contributed by atoms with E-state index < -0.39 is 10.0 Å². The Hall–Kier alpha value is -1.38. The topological polar surface area (TPSA) is 99.9 Å². The molecule has 0 aliphatic heterocycles. The van der Waals surface area contributed by atoms with Gasteiger partial charge in [-0.1, -0.05) is 0 Å². The maximum absolute atomic E-state index is 12.4. The molecule has 1 heterocycles. The summed E-state index contributed by atoms with van der Waals surface area (Å²) in [5.74, 6) is 0.0646. The molecular formula is C14H22N2O5S. The Bertz CT molecular complexity index is 617. The smallest absolute Gasteiger partial charge is 0.273 e. The number of carbonyl (C=O) groups is 1. The number of hydrogen-bond donors (Lipinski definition) is 2. The molecule has 1 amide bonds. The molecule has 0 unspecified atom stereocenters. The van der Waals surface area contributed by atoms with Gasteiger partial charge in [0.1, 0.15) is 6.26 Å². The molecule has 2 rings (SSSR count). The summed E-state index contributed by atoms with van der Waals surface area (Å²) in [4.78, 5) is 14.1. The van der Waals surface area contributed by atoms with Crippen molar-refractivity contribution in [1.82, 2.24) is 9.62 Å². The SMILES string of the molecule is CNS(=O)(=O)c1cc(C(=O)N(C)C2CCC(CO)CC2)co1. The Morgan fingerprint density at radius 2 is 2.05 bits per heavy atom. The molecule has 7 nitrogen and oxygen atoms in total. The molecule has 22 heavy (non-hydrogen) atoms. The average molecular weight is 330 g/mol. The molecule has 1 fully saturated rings. The van der Waals surface area contributed by atoms with Crippen LogP contribution in [0.2, 0.25) is 0 Å². The lowest BCUT2D eigenvalue weighted by Gasteiger charge is -2.33. The molecule has 0 aromatic carbocycles. The minimum Gasteiger partial charge on any atom is -0.451 e. The van der Waals surface area contributed by atoms with Crippen molar-refractivity contribution in [2.45, 2.75) is 36.8 Å². The van der Waals surface area contributed by atoms with Gasteiger partial charge in [0.2, 0.25) is 5.09 Å². The van der Waals surface area contributed by atoms with Gasteiger partial charge in [0.25, 0.3) is 15.9 Å². The second kappa shape index (κ2) is 6.80. The van der Waals surface area contributed by atoms with Crippen LogP contribution < -0.4 is 4.72 Å². The fraction of sp³-hybridized carbons (Fsp3) is 0.643. The second-order valence-corrected chi connectivity index (χ2v) is 7.45. The van der Waals surface area contributed by atoms with Crippen LogP contribution in [0.15, 0.2) is 21.8 Å². The Labute approximate surface area is 130 Å². The molecule has 1 aliphatic rings. The number of aliphatic hydroxyl groups is 1. The summed E-state index contributed by atoms with van der Waals surface area (Å²) in [6.07, 6.45) is 4.63. The molecule has 2 N–H and O–H groups in total. The van der Waals surface area contributed by atoms with Gasteiger partial charge in [-0.15, -0.1) is 0 Å². The van der Waals surface area contributed by atoms with Gasteiger partial charge in [-0.05, 0) is 38.6 Å². The van der Waals surface area contributed by atoms with Crippen LogP contribution in [-0.2, 0) is 10.0 Å².